The zero-order valence-corrected chi connectivity index (χ0v) is 19.9. The Morgan fingerprint density at radius 3 is 2.97 bits per heavy atom. The molecule has 0 bridgehead atoms. The zero-order chi connectivity index (χ0) is 24.7. The van der Waals surface area contributed by atoms with Crippen LogP contribution >= 0.6 is 0 Å². The van der Waals surface area contributed by atoms with Gasteiger partial charge in [-0.25, -0.2) is 13.9 Å². The quantitative estimate of drug-likeness (QED) is 0.684. The summed E-state index contributed by atoms with van der Waals surface area (Å²) in [6, 6.07) is 4.94. The minimum absolute atomic E-state index is 0.0495. The van der Waals surface area contributed by atoms with Crippen LogP contribution in [-0.2, 0) is 22.7 Å². The number of aryl methyl sites for hydroxylation is 1. The Labute approximate surface area is 198 Å². The number of rotatable bonds is 5. The molecule has 11 heteroatoms. The molecule has 3 amide bonds. The molecule has 0 radical (unpaired) electrons. The summed E-state index contributed by atoms with van der Waals surface area (Å²) in [7, 11) is 1.63. The van der Waals surface area contributed by atoms with E-state index in [-0.39, 0.29) is 37.6 Å². The normalized spacial score (nSPS) is 20.6. The third-order valence-corrected chi connectivity index (χ3v) is 6.02. The highest BCUT2D eigenvalue weighted by Crippen LogP contribution is 2.19. The van der Waals surface area contributed by atoms with E-state index in [2.05, 4.69) is 15.6 Å². The number of likely N-dealkylation sites (N-methyl/N-ethyl adjacent to an activating group) is 1. The van der Waals surface area contributed by atoms with E-state index in [1.165, 1.54) is 23.1 Å². The van der Waals surface area contributed by atoms with Crippen LogP contribution in [0.3, 0.4) is 0 Å². The van der Waals surface area contributed by atoms with Gasteiger partial charge >= 0.3 is 6.03 Å². The molecule has 0 fully saturated rings. The number of fused-ring (bicyclic) bond motifs is 1. The topological polar surface area (TPSA) is 113 Å². The van der Waals surface area contributed by atoms with Gasteiger partial charge in [0.25, 0.3) is 0 Å². The van der Waals surface area contributed by atoms with Crippen LogP contribution in [0.2, 0.25) is 0 Å². The van der Waals surface area contributed by atoms with Gasteiger partial charge in [0.1, 0.15) is 5.82 Å². The highest BCUT2D eigenvalue weighted by Gasteiger charge is 2.29. The molecule has 34 heavy (non-hydrogen) atoms. The summed E-state index contributed by atoms with van der Waals surface area (Å²) in [4.78, 5) is 28.8. The maximum atomic E-state index is 13.5. The molecule has 0 saturated heterocycles. The first-order valence-corrected chi connectivity index (χ1v) is 11.5. The van der Waals surface area contributed by atoms with E-state index in [9.17, 15) is 19.1 Å². The summed E-state index contributed by atoms with van der Waals surface area (Å²) in [6.45, 7) is 5.01. The molecule has 2 aromatic rings. The number of anilines is 1. The number of carbonyl (C=O) groups excluding carboxylic acids is 2. The SMILES string of the molecule is C[C@@H]1CN([C@@H](C)CO)C(=O)CCCn2nncc2CO[C@@H]1CN(C)C(=O)Nc1cccc(F)c1. The van der Waals surface area contributed by atoms with Crippen molar-refractivity contribution in [2.75, 3.05) is 32.1 Å². The number of amides is 3. The van der Waals surface area contributed by atoms with Crippen molar-refractivity contribution in [2.45, 2.75) is 52.0 Å². The molecule has 1 aromatic heterocycles. The molecule has 3 atom stereocenters. The van der Waals surface area contributed by atoms with Crippen molar-refractivity contribution < 1.29 is 23.8 Å². The molecule has 2 heterocycles. The number of aliphatic hydroxyl groups excluding tert-OH is 1. The Morgan fingerprint density at radius 1 is 1.44 bits per heavy atom. The van der Waals surface area contributed by atoms with Gasteiger partial charge in [-0.2, -0.15) is 0 Å². The predicted octanol–water partition coefficient (Wildman–Crippen LogP) is 2.11. The molecule has 1 aliphatic rings. The van der Waals surface area contributed by atoms with Crippen LogP contribution in [0.1, 0.15) is 32.4 Å². The van der Waals surface area contributed by atoms with Crippen molar-refractivity contribution in [3.63, 3.8) is 0 Å². The number of nitrogens with one attached hydrogen (secondary N) is 1. The van der Waals surface area contributed by atoms with Crippen molar-refractivity contribution >= 4 is 17.6 Å². The fraction of sp³-hybridized carbons (Fsp3) is 0.565. The first-order valence-electron chi connectivity index (χ1n) is 11.5. The highest BCUT2D eigenvalue weighted by atomic mass is 19.1. The van der Waals surface area contributed by atoms with E-state index in [1.54, 1.807) is 35.8 Å². The van der Waals surface area contributed by atoms with Gasteiger partial charge in [-0.1, -0.05) is 18.2 Å². The number of aromatic nitrogens is 3. The summed E-state index contributed by atoms with van der Waals surface area (Å²) in [5.74, 6) is -0.637. The van der Waals surface area contributed by atoms with E-state index in [1.807, 2.05) is 6.92 Å². The molecule has 10 nitrogen and oxygen atoms in total. The van der Waals surface area contributed by atoms with Crippen molar-refractivity contribution in [3.05, 3.63) is 42.0 Å². The highest BCUT2D eigenvalue weighted by molar-refractivity contribution is 5.89. The van der Waals surface area contributed by atoms with Crippen LogP contribution < -0.4 is 5.32 Å². The second kappa shape index (κ2) is 11.9. The smallest absolute Gasteiger partial charge is 0.321 e. The van der Waals surface area contributed by atoms with E-state index in [0.717, 1.165) is 5.69 Å². The van der Waals surface area contributed by atoms with Crippen LogP contribution in [0.4, 0.5) is 14.9 Å². The standard InChI is InChI=1S/C23H33FN6O4/c1-16-12-29(17(2)14-31)22(32)8-5-9-30-20(11-25-27-30)15-34-21(16)13-28(3)23(33)26-19-7-4-6-18(24)10-19/h4,6-7,10-11,16-17,21,31H,5,8-9,12-15H2,1-3H3,(H,26,33)/t16-,17+,21-/m1/s1. The first-order chi connectivity index (χ1) is 16.3. The van der Waals surface area contributed by atoms with Gasteiger partial charge in [0.15, 0.2) is 0 Å². The van der Waals surface area contributed by atoms with E-state index < -0.39 is 18.0 Å². The van der Waals surface area contributed by atoms with Gasteiger partial charge in [-0.05, 0) is 31.5 Å². The van der Waals surface area contributed by atoms with Gasteiger partial charge < -0.3 is 25.0 Å². The second-order valence-corrected chi connectivity index (χ2v) is 8.78. The number of aliphatic hydroxyl groups is 1. The number of hydrogen-bond acceptors (Lipinski definition) is 6. The molecule has 1 aromatic carbocycles. The average Bonchev–Trinajstić information content (AvgIpc) is 3.25. The molecule has 0 spiro atoms. The Kier molecular flexibility index (Phi) is 8.94. The lowest BCUT2D eigenvalue weighted by atomic mass is 10.0. The lowest BCUT2D eigenvalue weighted by Crippen LogP contribution is -2.48. The molecular weight excluding hydrogens is 443 g/mol. The second-order valence-electron chi connectivity index (χ2n) is 8.78. The van der Waals surface area contributed by atoms with Crippen LogP contribution in [0.25, 0.3) is 0 Å². The van der Waals surface area contributed by atoms with Crippen LogP contribution in [0.15, 0.2) is 30.5 Å². The molecule has 186 valence electrons. The van der Waals surface area contributed by atoms with Gasteiger partial charge in [0.2, 0.25) is 5.91 Å². The Morgan fingerprint density at radius 2 is 2.24 bits per heavy atom. The van der Waals surface area contributed by atoms with Crippen molar-refractivity contribution in [1.29, 1.82) is 0 Å². The van der Waals surface area contributed by atoms with Gasteiger partial charge in [0.05, 0.1) is 37.3 Å². The summed E-state index contributed by atoms with van der Waals surface area (Å²) < 4.78 is 21.4. The molecule has 0 aliphatic carbocycles. The number of ether oxygens (including phenoxy) is 1. The minimum Gasteiger partial charge on any atom is -0.394 e. The molecule has 3 rings (SSSR count). The fourth-order valence-electron chi connectivity index (χ4n) is 3.88. The average molecular weight is 477 g/mol. The van der Waals surface area contributed by atoms with Gasteiger partial charge in [-0.15, -0.1) is 5.10 Å². The number of benzene rings is 1. The van der Waals surface area contributed by atoms with Crippen molar-refractivity contribution in [3.8, 4) is 0 Å². The molecule has 0 saturated carbocycles. The lowest BCUT2D eigenvalue weighted by Gasteiger charge is -2.35. The Balaban J connectivity index is 1.76. The summed E-state index contributed by atoms with van der Waals surface area (Å²) in [5.41, 5.74) is 1.14. The number of hydrogen-bond donors (Lipinski definition) is 2. The summed E-state index contributed by atoms with van der Waals surface area (Å²) >= 11 is 0. The van der Waals surface area contributed by atoms with Crippen LogP contribution in [0.5, 0.6) is 0 Å². The minimum atomic E-state index is -0.440. The maximum absolute atomic E-state index is 13.5. The van der Waals surface area contributed by atoms with Crippen LogP contribution in [0, 0.1) is 11.7 Å². The number of carbonyl (C=O) groups is 2. The number of halogens is 1. The van der Waals surface area contributed by atoms with Crippen molar-refractivity contribution in [2.24, 2.45) is 5.92 Å². The predicted molar refractivity (Wildman–Crippen MR) is 123 cm³/mol. The van der Waals surface area contributed by atoms with Crippen LogP contribution in [-0.4, -0.2) is 80.7 Å². The third-order valence-electron chi connectivity index (χ3n) is 6.02. The largest absolute Gasteiger partial charge is 0.394 e. The summed E-state index contributed by atoms with van der Waals surface area (Å²) in [6.07, 6.45) is 2.14. The molecule has 0 unspecified atom stereocenters. The molecule has 2 N–H and O–H groups in total. The van der Waals surface area contributed by atoms with Crippen molar-refractivity contribution in [1.82, 2.24) is 24.8 Å². The Hall–Kier alpha value is -3.05. The first kappa shape index (κ1) is 25.6. The number of urea groups is 1. The lowest BCUT2D eigenvalue weighted by molar-refractivity contribution is -0.136. The maximum Gasteiger partial charge on any atom is 0.321 e. The zero-order valence-electron chi connectivity index (χ0n) is 19.9. The molecule has 1 aliphatic heterocycles. The van der Waals surface area contributed by atoms with E-state index >= 15 is 0 Å². The Bertz CT molecular complexity index is 970. The van der Waals surface area contributed by atoms with Gasteiger partial charge in [-0.3, -0.25) is 4.79 Å². The van der Waals surface area contributed by atoms with E-state index in [4.69, 9.17) is 4.74 Å². The van der Waals surface area contributed by atoms with E-state index in [0.29, 0.717) is 31.6 Å². The monoisotopic (exact) mass is 476 g/mol. The summed E-state index contributed by atoms with van der Waals surface area (Å²) in [5, 5.41) is 20.4. The number of nitrogens with zero attached hydrogens (tertiary/aromatic N) is 5. The molecular formula is C23H33FN6O4. The third kappa shape index (κ3) is 6.73. The van der Waals surface area contributed by atoms with Gasteiger partial charge in [0, 0.05) is 44.7 Å². The fourth-order valence-corrected chi connectivity index (χ4v) is 3.88.